The van der Waals surface area contributed by atoms with Crippen molar-refractivity contribution in [3.8, 4) is 16.9 Å². The third kappa shape index (κ3) is 6.19. The third-order valence-electron chi connectivity index (χ3n) is 7.49. The van der Waals surface area contributed by atoms with Gasteiger partial charge in [0.2, 0.25) is 5.91 Å². The molecule has 1 saturated heterocycles. The lowest BCUT2D eigenvalue weighted by Gasteiger charge is -2.17. The van der Waals surface area contributed by atoms with Gasteiger partial charge in [-0.3, -0.25) is 9.36 Å². The fourth-order valence-corrected chi connectivity index (χ4v) is 5.17. The Bertz CT molecular complexity index is 1690. The van der Waals surface area contributed by atoms with E-state index in [2.05, 4.69) is 62.0 Å². The molecular formula is C32H32N6O5. The number of methoxy groups -OCH3 is 1. The van der Waals surface area contributed by atoms with Gasteiger partial charge in [-0.1, -0.05) is 66.7 Å². The number of aliphatic hydroxyl groups excluding tert-OH is 2. The van der Waals surface area contributed by atoms with E-state index in [0.717, 1.165) is 22.3 Å². The highest BCUT2D eigenvalue weighted by Crippen LogP contribution is 2.32. The number of benzene rings is 3. The van der Waals surface area contributed by atoms with Crippen LogP contribution in [-0.4, -0.2) is 67.6 Å². The topological polar surface area (TPSA) is 144 Å². The molecule has 6 rings (SSSR count). The van der Waals surface area contributed by atoms with Crippen LogP contribution in [0.3, 0.4) is 0 Å². The zero-order chi connectivity index (χ0) is 29.8. The molecule has 3 heterocycles. The van der Waals surface area contributed by atoms with Crippen LogP contribution in [0.4, 0.5) is 5.82 Å². The molecule has 4 atom stereocenters. The molecule has 0 unspecified atom stereocenters. The predicted octanol–water partition coefficient (Wildman–Crippen LogP) is 3.09. The summed E-state index contributed by atoms with van der Waals surface area (Å²) in [6.07, 6.45) is -1.20. The highest BCUT2D eigenvalue weighted by Gasteiger charge is 2.44. The number of amides is 1. The first-order chi connectivity index (χ1) is 21.0. The van der Waals surface area contributed by atoms with Crippen LogP contribution in [-0.2, 0) is 22.5 Å². The summed E-state index contributed by atoms with van der Waals surface area (Å²) in [5.74, 6) is 0.955. The maximum Gasteiger partial charge on any atom is 0.224 e. The van der Waals surface area contributed by atoms with Crippen LogP contribution in [0.5, 0.6) is 5.75 Å². The molecule has 3 aromatic carbocycles. The Hall–Kier alpha value is -4.84. The molecule has 0 radical (unpaired) electrons. The quantitative estimate of drug-likeness (QED) is 0.196. The number of carbonyl (C=O) groups excluding carboxylic acids is 1. The lowest BCUT2D eigenvalue weighted by atomic mass is 10.0. The molecule has 2 aromatic heterocycles. The van der Waals surface area contributed by atoms with Gasteiger partial charge in [0.1, 0.15) is 30.4 Å². The van der Waals surface area contributed by atoms with E-state index in [9.17, 15) is 15.0 Å². The molecule has 11 heteroatoms. The Kier molecular flexibility index (Phi) is 8.27. The first-order valence-corrected chi connectivity index (χ1v) is 14.0. The van der Waals surface area contributed by atoms with Gasteiger partial charge in [0.05, 0.1) is 19.9 Å². The van der Waals surface area contributed by atoms with Gasteiger partial charge in [0, 0.05) is 13.1 Å². The number of anilines is 1. The Labute approximate surface area is 248 Å². The molecule has 11 nitrogen and oxygen atoms in total. The minimum Gasteiger partial charge on any atom is -0.497 e. The second-order valence-corrected chi connectivity index (χ2v) is 10.3. The monoisotopic (exact) mass is 580 g/mol. The van der Waals surface area contributed by atoms with E-state index < -0.39 is 24.5 Å². The molecule has 0 aliphatic carbocycles. The Morgan fingerprint density at radius 3 is 2.51 bits per heavy atom. The number of ether oxygens (including phenoxy) is 2. The molecular weight excluding hydrogens is 548 g/mol. The van der Waals surface area contributed by atoms with Gasteiger partial charge in [-0.05, 0) is 34.4 Å². The number of imidazole rings is 1. The van der Waals surface area contributed by atoms with Gasteiger partial charge in [-0.25, -0.2) is 15.0 Å². The molecule has 0 saturated carbocycles. The van der Waals surface area contributed by atoms with Gasteiger partial charge in [-0.15, -0.1) is 0 Å². The van der Waals surface area contributed by atoms with Crippen molar-refractivity contribution in [2.45, 2.75) is 37.5 Å². The lowest BCUT2D eigenvalue weighted by Crippen LogP contribution is -2.40. The summed E-state index contributed by atoms with van der Waals surface area (Å²) >= 11 is 0. The fourth-order valence-electron chi connectivity index (χ4n) is 5.17. The van der Waals surface area contributed by atoms with E-state index in [1.165, 1.54) is 12.7 Å². The van der Waals surface area contributed by atoms with Gasteiger partial charge in [0.25, 0.3) is 0 Å². The number of carbonyl (C=O) groups is 1. The largest absolute Gasteiger partial charge is 0.497 e. The van der Waals surface area contributed by atoms with Crippen LogP contribution in [0.25, 0.3) is 22.3 Å². The molecule has 43 heavy (non-hydrogen) atoms. The summed E-state index contributed by atoms with van der Waals surface area (Å²) in [7, 11) is 1.57. The van der Waals surface area contributed by atoms with Gasteiger partial charge >= 0.3 is 0 Å². The predicted molar refractivity (Wildman–Crippen MR) is 160 cm³/mol. The molecule has 4 N–H and O–H groups in total. The van der Waals surface area contributed by atoms with Crippen molar-refractivity contribution in [3.63, 3.8) is 0 Å². The van der Waals surface area contributed by atoms with Crippen molar-refractivity contribution in [2.24, 2.45) is 0 Å². The number of hydrogen-bond acceptors (Lipinski definition) is 9. The van der Waals surface area contributed by atoms with E-state index in [4.69, 9.17) is 9.47 Å². The van der Waals surface area contributed by atoms with Crippen molar-refractivity contribution in [1.29, 1.82) is 0 Å². The SMILES string of the molecule is COc1cccc(CC(=O)NC[C@H]2O[C@@H](n3cnc4c(NCc5ccc(-c6ccccc6)cc5)ncnc43)[C@H](O)[C@@H]2O)c1. The summed E-state index contributed by atoms with van der Waals surface area (Å²) in [4.78, 5) is 25.7. The van der Waals surface area contributed by atoms with Gasteiger partial charge in [-0.2, -0.15) is 0 Å². The standard InChI is InChI=1S/C32H32N6O5/c1-42-24-9-5-6-21(14-24)15-26(39)33-17-25-28(40)29(41)32(43-25)38-19-37-27-30(35-18-36-31(27)38)34-16-20-10-12-23(13-11-20)22-7-3-2-4-8-22/h2-14,18-19,25,28-29,32,40-41H,15-17H2,1H3,(H,33,39)(H,34,35,36)/t25-,28-,29-,32-/m1/s1. The molecule has 0 bridgehead atoms. The fraction of sp³-hybridized carbons (Fsp3) is 0.250. The molecule has 1 amide bonds. The van der Waals surface area contributed by atoms with Crippen LogP contribution in [0.1, 0.15) is 17.4 Å². The Balaban J connectivity index is 1.09. The number of nitrogens with zero attached hydrogens (tertiary/aromatic N) is 4. The van der Waals surface area contributed by atoms with Gasteiger partial charge in [0.15, 0.2) is 23.2 Å². The molecule has 220 valence electrons. The van der Waals surface area contributed by atoms with Crippen molar-refractivity contribution < 1.29 is 24.5 Å². The summed E-state index contributed by atoms with van der Waals surface area (Å²) in [5.41, 5.74) is 5.10. The zero-order valence-corrected chi connectivity index (χ0v) is 23.5. The van der Waals surface area contributed by atoms with E-state index in [0.29, 0.717) is 29.3 Å². The Morgan fingerprint density at radius 1 is 0.930 bits per heavy atom. The minimum absolute atomic E-state index is 0.0228. The smallest absolute Gasteiger partial charge is 0.224 e. The average Bonchev–Trinajstić information content (AvgIpc) is 3.60. The van der Waals surface area contributed by atoms with Crippen molar-refractivity contribution in [3.05, 3.63) is 103 Å². The van der Waals surface area contributed by atoms with Gasteiger partial charge < -0.3 is 30.3 Å². The maximum atomic E-state index is 12.5. The third-order valence-corrected chi connectivity index (χ3v) is 7.49. The van der Waals surface area contributed by atoms with Crippen molar-refractivity contribution in [1.82, 2.24) is 24.8 Å². The first kappa shape index (κ1) is 28.3. The van der Waals surface area contributed by atoms with E-state index in [1.54, 1.807) is 23.8 Å². The van der Waals surface area contributed by atoms with E-state index >= 15 is 0 Å². The number of aromatic nitrogens is 4. The molecule has 1 fully saturated rings. The van der Waals surface area contributed by atoms with Crippen LogP contribution in [0.2, 0.25) is 0 Å². The molecule has 1 aliphatic rings. The summed E-state index contributed by atoms with van der Waals surface area (Å²) in [5, 5.41) is 27.6. The summed E-state index contributed by atoms with van der Waals surface area (Å²) in [6, 6.07) is 25.7. The number of aliphatic hydroxyl groups is 2. The van der Waals surface area contributed by atoms with Crippen LogP contribution >= 0.6 is 0 Å². The van der Waals surface area contributed by atoms with Crippen molar-refractivity contribution in [2.75, 3.05) is 19.0 Å². The number of rotatable bonds is 10. The molecule has 5 aromatic rings. The maximum absolute atomic E-state index is 12.5. The summed E-state index contributed by atoms with van der Waals surface area (Å²) < 4.78 is 12.8. The lowest BCUT2D eigenvalue weighted by molar-refractivity contribution is -0.121. The number of hydrogen-bond donors (Lipinski definition) is 4. The van der Waals surface area contributed by atoms with E-state index in [-0.39, 0.29) is 18.9 Å². The summed E-state index contributed by atoms with van der Waals surface area (Å²) in [6.45, 7) is 0.544. The molecule has 1 aliphatic heterocycles. The zero-order valence-electron chi connectivity index (χ0n) is 23.5. The van der Waals surface area contributed by atoms with Crippen LogP contribution in [0, 0.1) is 0 Å². The van der Waals surface area contributed by atoms with Crippen LogP contribution in [0.15, 0.2) is 91.5 Å². The minimum atomic E-state index is -1.26. The highest BCUT2D eigenvalue weighted by atomic mass is 16.6. The first-order valence-electron chi connectivity index (χ1n) is 14.0. The van der Waals surface area contributed by atoms with E-state index in [1.807, 2.05) is 30.3 Å². The molecule has 0 spiro atoms. The number of nitrogens with one attached hydrogen (secondary N) is 2. The second kappa shape index (κ2) is 12.6. The second-order valence-electron chi connectivity index (χ2n) is 10.3. The van der Waals surface area contributed by atoms with Crippen molar-refractivity contribution >= 4 is 22.9 Å². The highest BCUT2D eigenvalue weighted by molar-refractivity contribution is 5.82. The normalized spacial score (nSPS) is 19.8. The van der Waals surface area contributed by atoms with Crippen LogP contribution < -0.4 is 15.4 Å². The number of fused-ring (bicyclic) bond motifs is 1. The Morgan fingerprint density at radius 2 is 1.72 bits per heavy atom. The average molecular weight is 581 g/mol.